The molecule has 106 valence electrons. The Morgan fingerprint density at radius 1 is 1.50 bits per heavy atom. The summed E-state index contributed by atoms with van der Waals surface area (Å²) in [7, 11) is 1.86. The van der Waals surface area contributed by atoms with E-state index in [1.165, 1.54) is 6.07 Å². The summed E-state index contributed by atoms with van der Waals surface area (Å²) in [6.45, 7) is 0.801. The van der Waals surface area contributed by atoms with E-state index in [1.807, 2.05) is 13.1 Å². The third-order valence-electron chi connectivity index (χ3n) is 3.41. The first kappa shape index (κ1) is 13.6. The lowest BCUT2D eigenvalue weighted by atomic mass is 10.0. The molecule has 1 N–H and O–H groups in total. The molecule has 1 atom stereocenters. The van der Waals surface area contributed by atoms with Gasteiger partial charge in [0.25, 0.3) is 0 Å². The van der Waals surface area contributed by atoms with Gasteiger partial charge >= 0.3 is 0 Å². The van der Waals surface area contributed by atoms with Gasteiger partial charge in [-0.15, -0.1) is 11.8 Å². The highest BCUT2D eigenvalue weighted by Gasteiger charge is 2.22. The summed E-state index contributed by atoms with van der Waals surface area (Å²) in [4.78, 5) is 5.00. The van der Waals surface area contributed by atoms with Crippen LogP contribution in [0.3, 0.4) is 0 Å². The predicted octanol–water partition coefficient (Wildman–Crippen LogP) is 2.32. The summed E-state index contributed by atoms with van der Waals surface area (Å²) in [5.74, 6) is 1.68. The average Bonchev–Trinajstić information content (AvgIpc) is 2.86. The van der Waals surface area contributed by atoms with Gasteiger partial charge in [0.2, 0.25) is 0 Å². The number of thioether (sulfide) groups is 1. The molecular formula is C14H17FN4S. The molecule has 1 aliphatic rings. The number of benzene rings is 1. The maximum Gasteiger partial charge on any atom is 0.151 e. The molecule has 4 nitrogen and oxygen atoms in total. The van der Waals surface area contributed by atoms with Crippen LogP contribution in [0.5, 0.6) is 0 Å². The molecule has 0 fully saturated rings. The predicted molar refractivity (Wildman–Crippen MR) is 77.2 cm³/mol. The Bertz CT molecular complexity index is 599. The van der Waals surface area contributed by atoms with Crippen molar-refractivity contribution in [3.05, 3.63) is 41.7 Å². The standard InChI is InChI=1S/C14H17FN4S/c1-19-9-17-13(18-19)5-7-16-12-6-8-20-14-10(12)3-2-4-11(14)15/h2-4,9,12,16H,5-8H2,1H3. The molecule has 0 saturated carbocycles. The number of hydrogen-bond acceptors (Lipinski definition) is 4. The zero-order valence-corrected chi connectivity index (χ0v) is 12.2. The highest BCUT2D eigenvalue weighted by molar-refractivity contribution is 7.99. The molecule has 0 bridgehead atoms. The second kappa shape index (κ2) is 5.93. The summed E-state index contributed by atoms with van der Waals surface area (Å²) < 4.78 is 15.5. The van der Waals surface area contributed by atoms with Crippen LogP contribution in [-0.2, 0) is 13.5 Å². The smallest absolute Gasteiger partial charge is 0.151 e. The lowest BCUT2D eigenvalue weighted by Crippen LogP contribution is -2.27. The monoisotopic (exact) mass is 292 g/mol. The van der Waals surface area contributed by atoms with Crippen LogP contribution in [0.4, 0.5) is 4.39 Å². The van der Waals surface area contributed by atoms with Crippen molar-refractivity contribution in [3.63, 3.8) is 0 Å². The molecule has 1 aromatic heterocycles. The fourth-order valence-corrected chi connectivity index (χ4v) is 3.60. The molecule has 0 spiro atoms. The van der Waals surface area contributed by atoms with Gasteiger partial charge in [0.1, 0.15) is 12.1 Å². The lowest BCUT2D eigenvalue weighted by molar-refractivity contribution is 0.496. The minimum absolute atomic E-state index is 0.106. The van der Waals surface area contributed by atoms with Gasteiger partial charge in [-0.2, -0.15) is 5.10 Å². The van der Waals surface area contributed by atoms with Crippen molar-refractivity contribution in [2.75, 3.05) is 12.3 Å². The molecule has 0 saturated heterocycles. The first-order valence-corrected chi connectivity index (χ1v) is 7.71. The van der Waals surface area contributed by atoms with Crippen LogP contribution in [0.15, 0.2) is 29.4 Å². The number of rotatable bonds is 4. The van der Waals surface area contributed by atoms with Crippen molar-refractivity contribution in [1.29, 1.82) is 0 Å². The molecular weight excluding hydrogens is 275 g/mol. The Hall–Kier alpha value is -1.40. The zero-order valence-electron chi connectivity index (χ0n) is 11.3. The molecule has 3 rings (SSSR count). The van der Waals surface area contributed by atoms with Gasteiger partial charge < -0.3 is 5.32 Å². The number of fused-ring (bicyclic) bond motifs is 1. The molecule has 1 aromatic carbocycles. The van der Waals surface area contributed by atoms with E-state index in [4.69, 9.17) is 0 Å². The van der Waals surface area contributed by atoms with Crippen LogP contribution in [0, 0.1) is 5.82 Å². The van der Waals surface area contributed by atoms with E-state index in [9.17, 15) is 4.39 Å². The Labute approximate surface area is 121 Å². The summed E-state index contributed by atoms with van der Waals surface area (Å²) in [6, 6.07) is 5.56. The second-order valence-corrected chi connectivity index (χ2v) is 5.99. The molecule has 1 unspecified atom stereocenters. The first-order valence-electron chi connectivity index (χ1n) is 6.73. The molecule has 2 aromatic rings. The molecule has 0 amide bonds. The van der Waals surface area contributed by atoms with Crippen molar-refractivity contribution in [1.82, 2.24) is 20.1 Å². The number of nitrogens with zero attached hydrogens (tertiary/aromatic N) is 3. The number of hydrogen-bond donors (Lipinski definition) is 1. The van der Waals surface area contributed by atoms with Crippen molar-refractivity contribution < 1.29 is 4.39 Å². The van der Waals surface area contributed by atoms with Crippen molar-refractivity contribution >= 4 is 11.8 Å². The summed E-state index contributed by atoms with van der Waals surface area (Å²) >= 11 is 1.61. The lowest BCUT2D eigenvalue weighted by Gasteiger charge is -2.26. The minimum Gasteiger partial charge on any atom is -0.309 e. The third kappa shape index (κ3) is 2.86. The fraction of sp³-hybridized carbons (Fsp3) is 0.429. The van der Waals surface area contributed by atoms with Gasteiger partial charge in [0.05, 0.1) is 0 Å². The highest BCUT2D eigenvalue weighted by Crippen LogP contribution is 2.37. The SMILES string of the molecule is Cn1cnc(CCNC2CCSc3c(F)cccc32)n1. The summed E-state index contributed by atoms with van der Waals surface area (Å²) in [6.07, 6.45) is 3.52. The Balaban J connectivity index is 1.63. The maximum atomic E-state index is 13.8. The number of aryl methyl sites for hydroxylation is 1. The maximum absolute atomic E-state index is 13.8. The van der Waals surface area contributed by atoms with E-state index >= 15 is 0 Å². The highest BCUT2D eigenvalue weighted by atomic mass is 32.2. The molecule has 2 heterocycles. The van der Waals surface area contributed by atoms with Crippen LogP contribution < -0.4 is 5.32 Å². The van der Waals surface area contributed by atoms with Crippen LogP contribution in [0.25, 0.3) is 0 Å². The summed E-state index contributed by atoms with van der Waals surface area (Å²) in [5, 5.41) is 7.75. The van der Waals surface area contributed by atoms with Crippen LogP contribution in [0.2, 0.25) is 0 Å². The molecule has 1 aliphatic heterocycles. The van der Waals surface area contributed by atoms with E-state index in [-0.39, 0.29) is 11.9 Å². The Kier molecular flexibility index (Phi) is 4.03. The molecule has 20 heavy (non-hydrogen) atoms. The third-order valence-corrected chi connectivity index (χ3v) is 4.57. The Morgan fingerprint density at radius 3 is 3.20 bits per heavy atom. The number of halogens is 1. The molecule has 0 radical (unpaired) electrons. The fourth-order valence-electron chi connectivity index (χ4n) is 2.46. The largest absolute Gasteiger partial charge is 0.309 e. The van der Waals surface area contributed by atoms with Gasteiger partial charge in [0, 0.05) is 31.0 Å². The topological polar surface area (TPSA) is 42.7 Å². The normalized spacial score (nSPS) is 18.0. The van der Waals surface area contributed by atoms with Gasteiger partial charge in [-0.05, 0) is 23.8 Å². The number of nitrogens with one attached hydrogen (secondary N) is 1. The molecule has 0 aliphatic carbocycles. The van der Waals surface area contributed by atoms with E-state index < -0.39 is 0 Å². The minimum atomic E-state index is -0.106. The van der Waals surface area contributed by atoms with E-state index in [0.29, 0.717) is 0 Å². The van der Waals surface area contributed by atoms with Crippen molar-refractivity contribution in [2.24, 2.45) is 7.05 Å². The van der Waals surface area contributed by atoms with Crippen molar-refractivity contribution in [3.8, 4) is 0 Å². The Morgan fingerprint density at radius 2 is 2.40 bits per heavy atom. The van der Waals surface area contributed by atoms with Crippen LogP contribution in [0.1, 0.15) is 23.9 Å². The first-order chi connectivity index (χ1) is 9.74. The molecule has 6 heteroatoms. The van der Waals surface area contributed by atoms with E-state index in [0.717, 1.165) is 41.4 Å². The van der Waals surface area contributed by atoms with Gasteiger partial charge in [-0.25, -0.2) is 9.37 Å². The zero-order chi connectivity index (χ0) is 13.9. The second-order valence-electron chi connectivity index (χ2n) is 4.89. The van der Waals surface area contributed by atoms with E-state index in [1.54, 1.807) is 28.8 Å². The summed E-state index contributed by atoms with van der Waals surface area (Å²) in [5.41, 5.74) is 1.08. The number of aromatic nitrogens is 3. The quantitative estimate of drug-likeness (QED) is 0.939. The van der Waals surface area contributed by atoms with Gasteiger partial charge in [-0.1, -0.05) is 12.1 Å². The van der Waals surface area contributed by atoms with E-state index in [2.05, 4.69) is 15.4 Å². The average molecular weight is 292 g/mol. The van der Waals surface area contributed by atoms with Crippen LogP contribution >= 0.6 is 11.8 Å². The van der Waals surface area contributed by atoms with Crippen molar-refractivity contribution in [2.45, 2.75) is 23.8 Å². The van der Waals surface area contributed by atoms with Crippen LogP contribution in [-0.4, -0.2) is 27.1 Å². The van der Waals surface area contributed by atoms with Gasteiger partial charge in [-0.3, -0.25) is 4.68 Å². The van der Waals surface area contributed by atoms with Gasteiger partial charge in [0.15, 0.2) is 5.82 Å².